The van der Waals surface area contributed by atoms with Gasteiger partial charge in [-0.25, -0.2) is 0 Å². The Morgan fingerprint density at radius 1 is 1.28 bits per heavy atom. The summed E-state index contributed by atoms with van der Waals surface area (Å²) in [6.45, 7) is 12.8. The van der Waals surface area contributed by atoms with Crippen molar-refractivity contribution in [3.8, 4) is 0 Å². The molecule has 1 atom stereocenters. The number of rotatable bonds is 6. The lowest BCUT2D eigenvalue weighted by molar-refractivity contribution is 0.0314. The summed E-state index contributed by atoms with van der Waals surface area (Å²) in [4.78, 5) is 4.75. The fourth-order valence-electron chi connectivity index (χ4n) is 2.60. The Bertz CT molecular complexity index is 222. The van der Waals surface area contributed by atoms with Crippen LogP contribution >= 0.6 is 0 Å². The molecule has 1 heterocycles. The van der Waals surface area contributed by atoms with Gasteiger partial charge in [0.15, 0.2) is 0 Å². The van der Waals surface area contributed by atoms with Gasteiger partial charge in [-0.05, 0) is 32.0 Å². The number of aliphatic hydroxyl groups is 1. The van der Waals surface area contributed by atoms with Gasteiger partial charge in [0, 0.05) is 19.1 Å². The Labute approximate surface area is 112 Å². The van der Waals surface area contributed by atoms with E-state index in [4.69, 9.17) is 4.74 Å². The van der Waals surface area contributed by atoms with Gasteiger partial charge in [0.2, 0.25) is 0 Å². The minimum absolute atomic E-state index is 0.127. The molecule has 1 unspecified atom stereocenters. The van der Waals surface area contributed by atoms with E-state index in [1.165, 1.54) is 0 Å². The summed E-state index contributed by atoms with van der Waals surface area (Å²) >= 11 is 0. The third-order valence-electron chi connectivity index (χ3n) is 3.79. The minimum Gasteiger partial charge on any atom is -0.395 e. The normalized spacial score (nSPS) is 20.3. The van der Waals surface area contributed by atoms with E-state index in [0.29, 0.717) is 0 Å². The fourth-order valence-corrected chi connectivity index (χ4v) is 2.60. The molecular weight excluding hydrogens is 228 g/mol. The second-order valence-electron chi connectivity index (χ2n) is 6.35. The third-order valence-corrected chi connectivity index (χ3v) is 3.79. The molecule has 1 N–H and O–H groups in total. The maximum absolute atomic E-state index is 9.51. The highest BCUT2D eigenvalue weighted by Crippen LogP contribution is 2.23. The van der Waals surface area contributed by atoms with E-state index in [-0.39, 0.29) is 18.1 Å². The van der Waals surface area contributed by atoms with Crippen LogP contribution in [-0.4, -0.2) is 74.0 Å². The number of ether oxygens (including phenoxy) is 1. The van der Waals surface area contributed by atoms with Crippen molar-refractivity contribution in [1.82, 2.24) is 9.80 Å². The second kappa shape index (κ2) is 7.43. The lowest BCUT2D eigenvalue weighted by atomic mass is 9.86. The largest absolute Gasteiger partial charge is 0.395 e. The maximum atomic E-state index is 9.51. The zero-order valence-electron chi connectivity index (χ0n) is 12.5. The molecule has 1 saturated heterocycles. The van der Waals surface area contributed by atoms with Crippen LogP contribution in [0.2, 0.25) is 0 Å². The number of nitrogens with zero attached hydrogens (tertiary/aromatic N) is 2. The molecule has 1 aliphatic heterocycles. The van der Waals surface area contributed by atoms with Gasteiger partial charge in [0.1, 0.15) is 0 Å². The van der Waals surface area contributed by atoms with E-state index >= 15 is 0 Å². The predicted octanol–water partition coefficient (Wildman–Crippen LogP) is 1.05. The second-order valence-corrected chi connectivity index (χ2v) is 6.35. The van der Waals surface area contributed by atoms with Gasteiger partial charge in [-0.3, -0.25) is 4.90 Å². The SMILES string of the molecule is CN(CCCN1CCOCC1)C(CO)C(C)(C)C. The van der Waals surface area contributed by atoms with Crippen LogP contribution in [0.5, 0.6) is 0 Å². The molecule has 0 aromatic carbocycles. The third kappa shape index (κ3) is 5.22. The smallest absolute Gasteiger partial charge is 0.0594 e. The molecule has 1 fully saturated rings. The van der Waals surface area contributed by atoms with Crippen LogP contribution in [0.3, 0.4) is 0 Å². The first kappa shape index (κ1) is 15.9. The van der Waals surface area contributed by atoms with Gasteiger partial charge < -0.3 is 14.7 Å². The van der Waals surface area contributed by atoms with E-state index in [0.717, 1.165) is 45.8 Å². The molecule has 0 bridgehead atoms. The van der Waals surface area contributed by atoms with Crippen LogP contribution in [0, 0.1) is 5.41 Å². The minimum atomic E-state index is 0.127. The lowest BCUT2D eigenvalue weighted by Crippen LogP contribution is -2.45. The van der Waals surface area contributed by atoms with Gasteiger partial charge in [-0.15, -0.1) is 0 Å². The summed E-state index contributed by atoms with van der Waals surface area (Å²) in [5.74, 6) is 0. The van der Waals surface area contributed by atoms with Gasteiger partial charge in [-0.1, -0.05) is 20.8 Å². The zero-order chi connectivity index (χ0) is 13.6. The summed E-state index contributed by atoms with van der Waals surface area (Å²) in [6, 6.07) is 0.238. The standard InChI is InChI=1S/C14H30N2O2/c1-14(2,3)13(12-17)15(4)6-5-7-16-8-10-18-11-9-16/h13,17H,5-12H2,1-4H3. The molecule has 18 heavy (non-hydrogen) atoms. The first-order chi connectivity index (χ1) is 8.45. The van der Waals surface area contributed by atoms with Crippen LogP contribution in [0.1, 0.15) is 27.2 Å². The molecular formula is C14H30N2O2. The summed E-state index contributed by atoms with van der Waals surface area (Å²) < 4.78 is 5.34. The quantitative estimate of drug-likeness (QED) is 0.772. The molecule has 0 aliphatic carbocycles. The van der Waals surface area contributed by atoms with Crippen molar-refractivity contribution >= 4 is 0 Å². The molecule has 108 valence electrons. The Hall–Kier alpha value is -0.160. The number of hydrogen-bond donors (Lipinski definition) is 1. The van der Waals surface area contributed by atoms with E-state index in [1.807, 2.05) is 0 Å². The highest BCUT2D eigenvalue weighted by atomic mass is 16.5. The number of morpholine rings is 1. The monoisotopic (exact) mass is 258 g/mol. The zero-order valence-corrected chi connectivity index (χ0v) is 12.5. The van der Waals surface area contributed by atoms with Crippen molar-refractivity contribution in [3.63, 3.8) is 0 Å². The van der Waals surface area contributed by atoms with Crippen molar-refractivity contribution in [2.75, 3.05) is 53.0 Å². The van der Waals surface area contributed by atoms with Crippen molar-refractivity contribution in [1.29, 1.82) is 0 Å². The van der Waals surface area contributed by atoms with Gasteiger partial charge in [0.05, 0.1) is 19.8 Å². The maximum Gasteiger partial charge on any atom is 0.0594 e. The molecule has 1 aliphatic rings. The van der Waals surface area contributed by atoms with E-state index in [1.54, 1.807) is 0 Å². The van der Waals surface area contributed by atoms with Crippen molar-refractivity contribution in [2.24, 2.45) is 5.41 Å². The number of likely N-dealkylation sites (N-methyl/N-ethyl adjacent to an activating group) is 1. The van der Waals surface area contributed by atoms with Gasteiger partial charge >= 0.3 is 0 Å². The highest BCUT2D eigenvalue weighted by molar-refractivity contribution is 4.81. The summed E-state index contributed by atoms with van der Waals surface area (Å²) in [7, 11) is 2.12. The lowest BCUT2D eigenvalue weighted by Gasteiger charge is -2.37. The molecule has 0 amide bonds. The Morgan fingerprint density at radius 3 is 2.39 bits per heavy atom. The van der Waals surface area contributed by atoms with E-state index in [9.17, 15) is 5.11 Å². The van der Waals surface area contributed by atoms with Gasteiger partial charge in [0.25, 0.3) is 0 Å². The van der Waals surface area contributed by atoms with E-state index < -0.39 is 0 Å². The molecule has 1 rings (SSSR count). The average Bonchev–Trinajstić information content (AvgIpc) is 2.29. The van der Waals surface area contributed by atoms with Crippen LogP contribution in [0.4, 0.5) is 0 Å². The topological polar surface area (TPSA) is 35.9 Å². The molecule has 0 radical (unpaired) electrons. The van der Waals surface area contributed by atoms with Crippen LogP contribution in [-0.2, 0) is 4.74 Å². The summed E-state index contributed by atoms with van der Waals surface area (Å²) in [6.07, 6.45) is 1.16. The summed E-state index contributed by atoms with van der Waals surface area (Å²) in [5.41, 5.74) is 0.127. The summed E-state index contributed by atoms with van der Waals surface area (Å²) in [5, 5.41) is 9.51. The molecule has 4 nitrogen and oxygen atoms in total. The van der Waals surface area contributed by atoms with Crippen molar-refractivity contribution < 1.29 is 9.84 Å². The predicted molar refractivity (Wildman–Crippen MR) is 74.8 cm³/mol. The molecule has 0 aromatic rings. The van der Waals surface area contributed by atoms with Crippen LogP contribution in [0.25, 0.3) is 0 Å². The van der Waals surface area contributed by atoms with Gasteiger partial charge in [-0.2, -0.15) is 0 Å². The molecule has 4 heteroatoms. The molecule has 0 saturated carbocycles. The number of aliphatic hydroxyl groups excluding tert-OH is 1. The highest BCUT2D eigenvalue weighted by Gasteiger charge is 2.27. The Morgan fingerprint density at radius 2 is 1.89 bits per heavy atom. The molecule has 0 aromatic heterocycles. The number of hydrogen-bond acceptors (Lipinski definition) is 4. The van der Waals surface area contributed by atoms with Crippen LogP contribution in [0.15, 0.2) is 0 Å². The first-order valence-electron chi connectivity index (χ1n) is 7.06. The molecule has 0 spiro atoms. The fraction of sp³-hybridized carbons (Fsp3) is 1.00. The Kier molecular flexibility index (Phi) is 6.57. The first-order valence-corrected chi connectivity index (χ1v) is 7.06. The van der Waals surface area contributed by atoms with E-state index in [2.05, 4.69) is 37.6 Å². The Balaban J connectivity index is 2.24. The van der Waals surface area contributed by atoms with Crippen molar-refractivity contribution in [3.05, 3.63) is 0 Å². The van der Waals surface area contributed by atoms with Crippen LogP contribution < -0.4 is 0 Å². The van der Waals surface area contributed by atoms with Crippen molar-refractivity contribution in [2.45, 2.75) is 33.2 Å². The average molecular weight is 258 g/mol.